The van der Waals surface area contributed by atoms with E-state index in [0.717, 1.165) is 19.7 Å². The van der Waals surface area contributed by atoms with Crippen molar-refractivity contribution < 1.29 is 4.74 Å². The van der Waals surface area contributed by atoms with Crippen molar-refractivity contribution in [1.29, 1.82) is 0 Å². The maximum absolute atomic E-state index is 5.10. The van der Waals surface area contributed by atoms with Gasteiger partial charge in [0.05, 0.1) is 6.61 Å². The van der Waals surface area contributed by atoms with Crippen molar-refractivity contribution in [3.8, 4) is 0 Å². The zero-order chi connectivity index (χ0) is 14.6. The van der Waals surface area contributed by atoms with Gasteiger partial charge in [-0.3, -0.25) is 0 Å². The zero-order valence-electron chi connectivity index (χ0n) is 13.5. The highest BCUT2D eigenvalue weighted by molar-refractivity contribution is 5.24. The van der Waals surface area contributed by atoms with E-state index in [1.807, 2.05) is 0 Å². The van der Waals surface area contributed by atoms with Gasteiger partial charge in [0.25, 0.3) is 0 Å². The standard InChI is InChI=1S/C18H31NO/c1-4-5-6-7-8-18(15-19-13-14-20-3)17-11-9-16(2)10-12-17/h9-12,18-19H,4-8,13-15H2,1-3H3. The summed E-state index contributed by atoms with van der Waals surface area (Å²) in [7, 11) is 1.75. The van der Waals surface area contributed by atoms with Gasteiger partial charge in [0.1, 0.15) is 0 Å². The normalized spacial score (nSPS) is 12.6. The second-order valence-corrected chi connectivity index (χ2v) is 5.65. The maximum atomic E-state index is 5.10. The lowest BCUT2D eigenvalue weighted by Crippen LogP contribution is -2.25. The van der Waals surface area contributed by atoms with Crippen LogP contribution in [0.4, 0.5) is 0 Å². The van der Waals surface area contributed by atoms with E-state index in [1.54, 1.807) is 7.11 Å². The van der Waals surface area contributed by atoms with Crippen LogP contribution < -0.4 is 5.32 Å². The maximum Gasteiger partial charge on any atom is 0.0587 e. The molecule has 0 aliphatic rings. The van der Waals surface area contributed by atoms with E-state index in [-0.39, 0.29) is 0 Å². The fourth-order valence-corrected chi connectivity index (χ4v) is 2.49. The van der Waals surface area contributed by atoms with Crippen molar-refractivity contribution in [2.45, 2.75) is 51.9 Å². The van der Waals surface area contributed by atoms with Crippen LogP contribution in [0.1, 0.15) is 56.1 Å². The minimum atomic E-state index is 0.629. The van der Waals surface area contributed by atoms with Gasteiger partial charge in [-0.2, -0.15) is 0 Å². The lowest BCUT2D eigenvalue weighted by Gasteiger charge is -2.18. The first-order valence-corrected chi connectivity index (χ1v) is 8.04. The molecule has 114 valence electrons. The van der Waals surface area contributed by atoms with Crippen LogP contribution in [0.2, 0.25) is 0 Å². The van der Waals surface area contributed by atoms with E-state index in [1.165, 1.54) is 43.2 Å². The summed E-state index contributed by atoms with van der Waals surface area (Å²) in [5, 5.41) is 3.52. The summed E-state index contributed by atoms with van der Waals surface area (Å²) in [5.41, 5.74) is 2.81. The van der Waals surface area contributed by atoms with Crippen LogP contribution in [-0.4, -0.2) is 26.8 Å². The Hall–Kier alpha value is -0.860. The second kappa shape index (κ2) is 10.9. The molecule has 0 amide bonds. The molecule has 2 heteroatoms. The summed E-state index contributed by atoms with van der Waals surface area (Å²) in [6, 6.07) is 9.03. The molecule has 0 heterocycles. The van der Waals surface area contributed by atoms with Crippen molar-refractivity contribution in [3.63, 3.8) is 0 Å². The average Bonchev–Trinajstić information content (AvgIpc) is 2.47. The van der Waals surface area contributed by atoms with Crippen LogP contribution in [0.5, 0.6) is 0 Å². The molecule has 1 aromatic carbocycles. The Bertz CT molecular complexity index is 322. The third kappa shape index (κ3) is 7.06. The van der Waals surface area contributed by atoms with Gasteiger partial charge < -0.3 is 10.1 Å². The predicted octanol–water partition coefficient (Wildman–Crippen LogP) is 4.29. The molecule has 0 aliphatic heterocycles. The molecule has 20 heavy (non-hydrogen) atoms. The summed E-state index contributed by atoms with van der Waals surface area (Å²) in [4.78, 5) is 0. The van der Waals surface area contributed by atoms with Gasteiger partial charge in [-0.25, -0.2) is 0 Å². The minimum Gasteiger partial charge on any atom is -0.383 e. The Kier molecular flexibility index (Phi) is 9.35. The highest BCUT2D eigenvalue weighted by Crippen LogP contribution is 2.22. The van der Waals surface area contributed by atoms with Crippen LogP contribution in [0, 0.1) is 6.92 Å². The number of rotatable bonds is 11. The molecule has 1 N–H and O–H groups in total. The minimum absolute atomic E-state index is 0.629. The van der Waals surface area contributed by atoms with Crippen molar-refractivity contribution in [3.05, 3.63) is 35.4 Å². The number of hydrogen-bond acceptors (Lipinski definition) is 2. The second-order valence-electron chi connectivity index (χ2n) is 5.65. The van der Waals surface area contributed by atoms with Crippen molar-refractivity contribution in [2.24, 2.45) is 0 Å². The lowest BCUT2D eigenvalue weighted by molar-refractivity contribution is 0.198. The van der Waals surface area contributed by atoms with Crippen LogP contribution in [0.3, 0.4) is 0 Å². The summed E-state index contributed by atoms with van der Waals surface area (Å²) < 4.78 is 5.10. The molecule has 2 nitrogen and oxygen atoms in total. The molecule has 1 aromatic rings. The Morgan fingerprint density at radius 1 is 1.10 bits per heavy atom. The smallest absolute Gasteiger partial charge is 0.0587 e. The van der Waals surface area contributed by atoms with Gasteiger partial charge in [-0.05, 0) is 24.8 Å². The summed E-state index contributed by atoms with van der Waals surface area (Å²) in [6.07, 6.45) is 6.64. The first kappa shape index (κ1) is 17.2. The summed E-state index contributed by atoms with van der Waals surface area (Å²) >= 11 is 0. The first-order chi connectivity index (χ1) is 9.77. The molecular weight excluding hydrogens is 246 g/mol. The van der Waals surface area contributed by atoms with Crippen LogP contribution in [0.15, 0.2) is 24.3 Å². The van der Waals surface area contributed by atoms with E-state index in [4.69, 9.17) is 4.74 Å². The predicted molar refractivity (Wildman–Crippen MR) is 87.4 cm³/mol. The van der Waals surface area contributed by atoms with Crippen molar-refractivity contribution >= 4 is 0 Å². The fraction of sp³-hybridized carbons (Fsp3) is 0.667. The third-order valence-electron chi connectivity index (χ3n) is 3.83. The van der Waals surface area contributed by atoms with Gasteiger partial charge in [-0.15, -0.1) is 0 Å². The number of hydrogen-bond donors (Lipinski definition) is 1. The molecule has 0 aliphatic carbocycles. The van der Waals surface area contributed by atoms with E-state index >= 15 is 0 Å². The molecule has 0 saturated carbocycles. The van der Waals surface area contributed by atoms with E-state index in [2.05, 4.69) is 43.4 Å². The van der Waals surface area contributed by atoms with Crippen LogP contribution in [-0.2, 0) is 4.74 Å². The number of benzene rings is 1. The molecular formula is C18H31NO. The van der Waals surface area contributed by atoms with E-state index < -0.39 is 0 Å². The topological polar surface area (TPSA) is 21.3 Å². The van der Waals surface area contributed by atoms with Gasteiger partial charge in [0.2, 0.25) is 0 Å². The van der Waals surface area contributed by atoms with Crippen molar-refractivity contribution in [2.75, 3.05) is 26.8 Å². The molecule has 0 saturated heterocycles. The molecule has 0 bridgehead atoms. The summed E-state index contributed by atoms with van der Waals surface area (Å²) in [5.74, 6) is 0.629. The van der Waals surface area contributed by atoms with Gasteiger partial charge in [0.15, 0.2) is 0 Å². The fourth-order valence-electron chi connectivity index (χ4n) is 2.49. The number of ether oxygens (including phenoxy) is 1. The van der Waals surface area contributed by atoms with Gasteiger partial charge in [0, 0.05) is 20.2 Å². The highest BCUT2D eigenvalue weighted by Gasteiger charge is 2.10. The average molecular weight is 277 g/mol. The Labute approximate surface area is 124 Å². The van der Waals surface area contributed by atoms with Crippen molar-refractivity contribution in [1.82, 2.24) is 5.32 Å². The molecule has 1 unspecified atom stereocenters. The Morgan fingerprint density at radius 2 is 1.85 bits per heavy atom. The quantitative estimate of drug-likeness (QED) is 0.609. The molecule has 0 fully saturated rings. The number of methoxy groups -OCH3 is 1. The molecule has 1 rings (SSSR count). The zero-order valence-corrected chi connectivity index (χ0v) is 13.5. The van der Waals surface area contributed by atoms with E-state index in [9.17, 15) is 0 Å². The largest absolute Gasteiger partial charge is 0.383 e. The Morgan fingerprint density at radius 3 is 2.50 bits per heavy atom. The molecule has 0 aromatic heterocycles. The van der Waals surface area contributed by atoms with Gasteiger partial charge in [-0.1, -0.05) is 62.4 Å². The van der Waals surface area contributed by atoms with Crippen LogP contribution >= 0.6 is 0 Å². The van der Waals surface area contributed by atoms with E-state index in [0.29, 0.717) is 5.92 Å². The number of nitrogens with one attached hydrogen (secondary N) is 1. The van der Waals surface area contributed by atoms with Crippen LogP contribution in [0.25, 0.3) is 0 Å². The molecule has 0 spiro atoms. The number of unbranched alkanes of at least 4 members (excludes halogenated alkanes) is 3. The summed E-state index contributed by atoms with van der Waals surface area (Å²) in [6.45, 7) is 7.20. The van der Waals surface area contributed by atoms with Gasteiger partial charge >= 0.3 is 0 Å². The third-order valence-corrected chi connectivity index (χ3v) is 3.83. The monoisotopic (exact) mass is 277 g/mol. The molecule has 1 atom stereocenters. The lowest BCUT2D eigenvalue weighted by atomic mass is 9.92. The highest BCUT2D eigenvalue weighted by atomic mass is 16.5. The number of aryl methyl sites for hydroxylation is 1. The Balaban J connectivity index is 2.47. The first-order valence-electron chi connectivity index (χ1n) is 8.04. The SMILES string of the molecule is CCCCCCC(CNCCOC)c1ccc(C)cc1. The molecule has 0 radical (unpaired) electrons.